The second-order valence-corrected chi connectivity index (χ2v) is 3.54. The monoisotopic (exact) mass is 260 g/mol. The third-order valence-electron chi connectivity index (χ3n) is 0.190. The Morgan fingerprint density at radius 3 is 1.89 bits per heavy atom. The molecule has 0 radical (unpaired) electrons. The van der Waals surface area contributed by atoms with Crippen LogP contribution in [0.5, 0.6) is 0 Å². The molecular formula is C4H6Br2O3. The smallest absolute Gasteiger partial charge is 0.450 e. The fourth-order valence-corrected chi connectivity index (χ4v) is 0.396. The topological polar surface area (TPSA) is 46.5 Å². The van der Waals surface area contributed by atoms with Crippen molar-refractivity contribution in [3.8, 4) is 0 Å². The van der Waals surface area contributed by atoms with Crippen LogP contribution in [0.15, 0.2) is 13.2 Å². The van der Waals surface area contributed by atoms with Crippen LogP contribution < -0.4 is 0 Å². The zero-order valence-corrected chi connectivity index (χ0v) is 7.68. The Hall–Kier alpha value is -0.0300. The fraction of sp³-hybridized carbons (Fsp3) is 0.250. The quantitative estimate of drug-likeness (QED) is 0.448. The van der Waals surface area contributed by atoms with E-state index in [4.69, 9.17) is 5.11 Å². The molecule has 0 aliphatic carbocycles. The summed E-state index contributed by atoms with van der Waals surface area (Å²) in [5.74, 6) is 0. The maximum absolute atomic E-state index is 9.53. The summed E-state index contributed by atoms with van der Waals surface area (Å²) in [5, 5.41) is 7.80. The van der Waals surface area contributed by atoms with Crippen molar-refractivity contribution in [2.75, 3.05) is 0 Å². The lowest BCUT2D eigenvalue weighted by molar-refractivity contribution is 0.104. The lowest BCUT2D eigenvalue weighted by Gasteiger charge is -1.95. The van der Waals surface area contributed by atoms with Crippen molar-refractivity contribution in [3.05, 3.63) is 13.2 Å². The van der Waals surface area contributed by atoms with E-state index in [2.05, 4.69) is 49.8 Å². The van der Waals surface area contributed by atoms with Crippen LogP contribution >= 0.6 is 31.9 Å². The average molecular weight is 262 g/mol. The second kappa shape index (κ2) is 7.97. The van der Waals surface area contributed by atoms with Gasteiger partial charge in [0.2, 0.25) is 3.92 Å². The van der Waals surface area contributed by atoms with Crippen molar-refractivity contribution in [1.82, 2.24) is 0 Å². The molecular weight excluding hydrogens is 256 g/mol. The molecule has 0 atom stereocenters. The molecule has 0 saturated heterocycles. The molecule has 0 aromatic rings. The van der Waals surface area contributed by atoms with Gasteiger partial charge >= 0.3 is 6.16 Å². The zero-order chi connectivity index (χ0) is 7.86. The van der Waals surface area contributed by atoms with E-state index < -0.39 is 10.1 Å². The SMILES string of the molecule is C=C.O=C(O)OC(Br)Br. The standard InChI is InChI=1S/C2H2Br2O3.C2H4/c3-1(4)7-2(5)6;1-2/h1H,(H,5,6);1-2H2. The van der Waals surface area contributed by atoms with Crippen molar-refractivity contribution < 1.29 is 14.6 Å². The number of rotatable bonds is 1. The molecule has 0 amide bonds. The second-order valence-electron chi connectivity index (χ2n) is 0.644. The molecule has 0 saturated carbocycles. The Balaban J connectivity index is 0. The van der Waals surface area contributed by atoms with Gasteiger partial charge in [-0.1, -0.05) is 0 Å². The van der Waals surface area contributed by atoms with Crippen LogP contribution in [0.4, 0.5) is 4.79 Å². The molecule has 0 spiro atoms. The summed E-state index contributed by atoms with van der Waals surface area (Å²) in [5.41, 5.74) is 0. The molecule has 0 aromatic carbocycles. The van der Waals surface area contributed by atoms with Gasteiger partial charge in [0.15, 0.2) is 0 Å². The van der Waals surface area contributed by atoms with Gasteiger partial charge in [0, 0.05) is 0 Å². The number of ether oxygens (including phenoxy) is 1. The third-order valence-corrected chi connectivity index (χ3v) is 0.564. The van der Waals surface area contributed by atoms with Gasteiger partial charge in [-0.25, -0.2) is 4.79 Å². The first-order valence-electron chi connectivity index (χ1n) is 1.80. The van der Waals surface area contributed by atoms with E-state index in [0.717, 1.165) is 0 Å². The summed E-state index contributed by atoms with van der Waals surface area (Å²) >= 11 is 5.58. The van der Waals surface area contributed by atoms with Gasteiger partial charge in [-0.2, -0.15) is 0 Å². The molecule has 0 rings (SSSR count). The maximum atomic E-state index is 9.53. The maximum Gasteiger partial charge on any atom is 0.507 e. The molecule has 0 aromatic heterocycles. The molecule has 0 aliphatic heterocycles. The first kappa shape index (κ1) is 11.7. The largest absolute Gasteiger partial charge is 0.507 e. The van der Waals surface area contributed by atoms with Gasteiger partial charge in [0.25, 0.3) is 0 Å². The zero-order valence-electron chi connectivity index (χ0n) is 4.51. The van der Waals surface area contributed by atoms with Crippen LogP contribution in [0.2, 0.25) is 0 Å². The van der Waals surface area contributed by atoms with Gasteiger partial charge in [-0.05, 0) is 31.9 Å². The van der Waals surface area contributed by atoms with Gasteiger partial charge in [-0.15, -0.1) is 13.2 Å². The number of halogens is 2. The van der Waals surface area contributed by atoms with E-state index in [0.29, 0.717) is 0 Å². The highest BCUT2D eigenvalue weighted by Gasteiger charge is 2.00. The van der Waals surface area contributed by atoms with Gasteiger partial charge < -0.3 is 9.84 Å². The van der Waals surface area contributed by atoms with Crippen molar-refractivity contribution in [1.29, 1.82) is 0 Å². The van der Waals surface area contributed by atoms with Crippen LogP contribution in [0, 0.1) is 0 Å². The fourth-order valence-electron chi connectivity index (χ4n) is 0.0762. The summed E-state index contributed by atoms with van der Waals surface area (Å²) in [6, 6.07) is 0. The first-order chi connectivity index (χ1) is 4.13. The van der Waals surface area contributed by atoms with E-state index in [9.17, 15) is 4.79 Å². The average Bonchev–Trinajstić information content (AvgIpc) is 1.68. The number of carbonyl (C=O) groups is 1. The molecule has 3 nitrogen and oxygen atoms in total. The summed E-state index contributed by atoms with van der Waals surface area (Å²) in [7, 11) is 0. The highest BCUT2D eigenvalue weighted by molar-refractivity contribution is 9.24. The van der Waals surface area contributed by atoms with Crippen LogP contribution in [0.1, 0.15) is 0 Å². The predicted molar refractivity (Wildman–Crippen MR) is 42.0 cm³/mol. The third kappa shape index (κ3) is 18.0. The van der Waals surface area contributed by atoms with Crippen LogP contribution in [-0.2, 0) is 4.74 Å². The molecule has 0 unspecified atom stereocenters. The van der Waals surface area contributed by atoms with E-state index in [1.165, 1.54) is 0 Å². The lowest BCUT2D eigenvalue weighted by atomic mass is 11.3. The summed E-state index contributed by atoms with van der Waals surface area (Å²) in [4.78, 5) is 9.53. The van der Waals surface area contributed by atoms with Crippen molar-refractivity contribution >= 4 is 38.0 Å². The van der Waals surface area contributed by atoms with E-state index in [1.54, 1.807) is 0 Å². The molecule has 1 N–H and O–H groups in total. The number of carboxylic acid groups (broad SMARTS) is 1. The number of hydrogen-bond acceptors (Lipinski definition) is 2. The molecule has 0 aliphatic rings. The molecule has 54 valence electrons. The highest BCUT2D eigenvalue weighted by atomic mass is 79.9. The Kier molecular flexibility index (Phi) is 10.4. The van der Waals surface area contributed by atoms with Crippen LogP contribution in [0.25, 0.3) is 0 Å². The van der Waals surface area contributed by atoms with Crippen molar-refractivity contribution in [3.63, 3.8) is 0 Å². The molecule has 0 fully saturated rings. The minimum atomic E-state index is -1.31. The Morgan fingerprint density at radius 1 is 1.56 bits per heavy atom. The minimum absolute atomic E-state index is 0.600. The van der Waals surface area contributed by atoms with Crippen LogP contribution in [-0.4, -0.2) is 15.2 Å². The van der Waals surface area contributed by atoms with Crippen LogP contribution in [0.3, 0.4) is 0 Å². The van der Waals surface area contributed by atoms with Gasteiger partial charge in [0.05, 0.1) is 0 Å². The van der Waals surface area contributed by atoms with E-state index in [1.807, 2.05) is 0 Å². The highest BCUT2D eigenvalue weighted by Crippen LogP contribution is 2.08. The van der Waals surface area contributed by atoms with Crippen molar-refractivity contribution in [2.45, 2.75) is 3.92 Å². The summed E-state index contributed by atoms with van der Waals surface area (Å²) < 4.78 is 3.40. The van der Waals surface area contributed by atoms with Gasteiger partial charge in [-0.3, -0.25) is 0 Å². The van der Waals surface area contributed by atoms with Gasteiger partial charge in [0.1, 0.15) is 0 Å². The Morgan fingerprint density at radius 2 is 1.89 bits per heavy atom. The van der Waals surface area contributed by atoms with Crippen molar-refractivity contribution in [2.24, 2.45) is 0 Å². The summed E-state index contributed by atoms with van der Waals surface area (Å²) in [6.45, 7) is 6.00. The predicted octanol–water partition coefficient (Wildman–Crippen LogP) is 2.56. The molecule has 5 heteroatoms. The summed E-state index contributed by atoms with van der Waals surface area (Å²) in [6.07, 6.45) is -1.31. The molecule has 0 bridgehead atoms. The first-order valence-corrected chi connectivity index (χ1v) is 3.64. The molecule has 0 heterocycles. The Labute approximate surface area is 70.0 Å². The van der Waals surface area contributed by atoms with E-state index >= 15 is 0 Å². The number of hydrogen-bond donors (Lipinski definition) is 1. The number of alkyl halides is 2. The van der Waals surface area contributed by atoms with E-state index in [-0.39, 0.29) is 0 Å². The minimum Gasteiger partial charge on any atom is -0.450 e. The lowest BCUT2D eigenvalue weighted by Crippen LogP contribution is -2.01. The Bertz CT molecular complexity index is 83.9. The normalized spacial score (nSPS) is 7.44. The molecule has 9 heavy (non-hydrogen) atoms.